The monoisotopic (exact) mass is 305 g/mol. The van der Waals surface area contributed by atoms with E-state index in [4.69, 9.17) is 5.11 Å². The Balaban J connectivity index is 1.99. The molecule has 0 saturated carbocycles. The van der Waals surface area contributed by atoms with Crippen LogP contribution in [0.5, 0.6) is 0 Å². The van der Waals surface area contributed by atoms with Gasteiger partial charge >= 0.3 is 5.97 Å². The lowest BCUT2D eigenvalue weighted by molar-refractivity contribution is -0.137. The van der Waals surface area contributed by atoms with Gasteiger partial charge in [-0.1, -0.05) is 12.8 Å². The molecule has 1 amide bonds. The maximum Gasteiger partial charge on any atom is 0.303 e. The van der Waals surface area contributed by atoms with Gasteiger partial charge in [0.25, 0.3) is 0 Å². The standard InChI is InChI=1S/C13H23NO5S/c15-12(9-11-6-8-20(18,19)10-11)14-7-4-2-1-3-5-13(16)17/h11H,1-10H2,(H,14,15)(H,16,17). The molecule has 20 heavy (non-hydrogen) atoms. The summed E-state index contributed by atoms with van der Waals surface area (Å²) >= 11 is 0. The van der Waals surface area contributed by atoms with E-state index >= 15 is 0 Å². The second-order valence-corrected chi connectivity index (χ2v) is 7.61. The van der Waals surface area contributed by atoms with Crippen LogP contribution in [-0.4, -0.2) is 43.5 Å². The second-order valence-electron chi connectivity index (χ2n) is 5.38. The molecule has 2 N–H and O–H groups in total. The van der Waals surface area contributed by atoms with Crippen molar-refractivity contribution >= 4 is 21.7 Å². The summed E-state index contributed by atoms with van der Waals surface area (Å²) in [5.74, 6) is -0.553. The molecule has 0 bridgehead atoms. The number of hydrogen-bond acceptors (Lipinski definition) is 4. The highest BCUT2D eigenvalue weighted by molar-refractivity contribution is 7.91. The van der Waals surface area contributed by atoms with Crippen LogP contribution in [0.2, 0.25) is 0 Å². The number of unbranched alkanes of at least 4 members (excludes halogenated alkanes) is 3. The van der Waals surface area contributed by atoms with Crippen LogP contribution in [-0.2, 0) is 19.4 Å². The van der Waals surface area contributed by atoms with Crippen LogP contribution in [0.1, 0.15) is 44.9 Å². The quantitative estimate of drug-likeness (QED) is 0.618. The molecule has 1 unspecified atom stereocenters. The first-order valence-corrected chi connectivity index (χ1v) is 8.90. The zero-order valence-electron chi connectivity index (χ0n) is 11.6. The van der Waals surface area contributed by atoms with E-state index in [1.807, 2.05) is 0 Å². The van der Waals surface area contributed by atoms with Crippen LogP contribution in [0.4, 0.5) is 0 Å². The fraction of sp³-hybridized carbons (Fsp3) is 0.846. The van der Waals surface area contributed by atoms with E-state index in [0.717, 1.165) is 19.3 Å². The topological polar surface area (TPSA) is 101 Å². The van der Waals surface area contributed by atoms with Crippen molar-refractivity contribution in [3.63, 3.8) is 0 Å². The molecule has 0 radical (unpaired) electrons. The maximum atomic E-state index is 11.6. The zero-order valence-corrected chi connectivity index (χ0v) is 12.5. The van der Waals surface area contributed by atoms with Crippen molar-refractivity contribution < 1.29 is 23.1 Å². The van der Waals surface area contributed by atoms with E-state index in [1.165, 1.54) is 0 Å². The fourth-order valence-corrected chi connectivity index (χ4v) is 4.21. The van der Waals surface area contributed by atoms with Crippen LogP contribution in [0.15, 0.2) is 0 Å². The predicted octanol–water partition coefficient (Wildman–Crippen LogP) is 0.962. The first-order valence-electron chi connectivity index (χ1n) is 7.08. The second kappa shape index (κ2) is 8.24. The lowest BCUT2D eigenvalue weighted by atomic mass is 10.1. The average Bonchev–Trinajstić information content (AvgIpc) is 2.67. The number of sulfone groups is 1. The SMILES string of the molecule is O=C(O)CCCCCCNC(=O)CC1CCS(=O)(=O)C1. The van der Waals surface area contributed by atoms with Gasteiger partial charge in [-0.15, -0.1) is 0 Å². The molecule has 1 aliphatic heterocycles. The summed E-state index contributed by atoms with van der Waals surface area (Å²) in [5, 5.41) is 11.2. The molecule has 1 aliphatic rings. The Morgan fingerprint density at radius 2 is 1.85 bits per heavy atom. The number of carbonyl (C=O) groups excluding carboxylic acids is 1. The fourth-order valence-electron chi connectivity index (χ4n) is 2.35. The van der Waals surface area contributed by atoms with Crippen molar-refractivity contribution in [2.45, 2.75) is 44.9 Å². The lowest BCUT2D eigenvalue weighted by Crippen LogP contribution is -2.26. The number of rotatable bonds is 9. The number of carboxylic acids is 1. The number of aliphatic carboxylic acids is 1. The van der Waals surface area contributed by atoms with Gasteiger partial charge in [0.2, 0.25) is 5.91 Å². The Morgan fingerprint density at radius 1 is 1.15 bits per heavy atom. The minimum absolute atomic E-state index is 0.0319. The third-order valence-electron chi connectivity index (χ3n) is 3.44. The summed E-state index contributed by atoms with van der Waals surface area (Å²) in [6, 6.07) is 0. The van der Waals surface area contributed by atoms with Crippen LogP contribution in [0, 0.1) is 5.92 Å². The highest BCUT2D eigenvalue weighted by Gasteiger charge is 2.29. The Bertz CT molecular complexity index is 432. The van der Waals surface area contributed by atoms with Gasteiger partial charge in [-0.05, 0) is 25.2 Å². The van der Waals surface area contributed by atoms with Gasteiger partial charge in [0, 0.05) is 19.4 Å². The highest BCUT2D eigenvalue weighted by Crippen LogP contribution is 2.21. The molecule has 1 atom stereocenters. The van der Waals surface area contributed by atoms with Gasteiger partial charge in [0.15, 0.2) is 9.84 Å². The first kappa shape index (κ1) is 16.9. The molecule has 0 aromatic carbocycles. The van der Waals surface area contributed by atoms with Crippen LogP contribution in [0.25, 0.3) is 0 Å². The predicted molar refractivity (Wildman–Crippen MR) is 75.1 cm³/mol. The molecule has 0 aliphatic carbocycles. The Kier molecular flexibility index (Phi) is 6.98. The van der Waals surface area contributed by atoms with E-state index in [1.54, 1.807) is 0 Å². The molecular formula is C13H23NO5S. The summed E-state index contributed by atoms with van der Waals surface area (Å²) < 4.78 is 22.5. The lowest BCUT2D eigenvalue weighted by Gasteiger charge is -2.08. The highest BCUT2D eigenvalue weighted by atomic mass is 32.2. The Hall–Kier alpha value is -1.11. The third-order valence-corrected chi connectivity index (χ3v) is 5.28. The zero-order chi connectivity index (χ0) is 15.0. The van der Waals surface area contributed by atoms with Crippen molar-refractivity contribution in [3.05, 3.63) is 0 Å². The summed E-state index contributed by atoms with van der Waals surface area (Å²) in [4.78, 5) is 21.9. The van der Waals surface area contributed by atoms with E-state index in [2.05, 4.69) is 5.32 Å². The summed E-state index contributed by atoms with van der Waals surface area (Å²) in [5.41, 5.74) is 0. The number of nitrogens with one attached hydrogen (secondary N) is 1. The Labute approximate surface area is 119 Å². The van der Waals surface area contributed by atoms with Gasteiger partial charge in [-0.25, -0.2) is 8.42 Å². The van der Waals surface area contributed by atoms with Gasteiger partial charge in [-0.3, -0.25) is 9.59 Å². The van der Waals surface area contributed by atoms with E-state index in [9.17, 15) is 18.0 Å². The normalized spacial score (nSPS) is 20.7. The molecule has 1 saturated heterocycles. The maximum absolute atomic E-state index is 11.6. The largest absolute Gasteiger partial charge is 0.481 e. The Morgan fingerprint density at radius 3 is 2.45 bits per heavy atom. The number of carbonyl (C=O) groups is 2. The van der Waals surface area contributed by atoms with Gasteiger partial charge in [-0.2, -0.15) is 0 Å². The smallest absolute Gasteiger partial charge is 0.303 e. The minimum atomic E-state index is -2.91. The van der Waals surface area contributed by atoms with Crippen molar-refractivity contribution in [1.29, 1.82) is 0 Å². The molecule has 1 rings (SSSR count). The van der Waals surface area contributed by atoms with Crippen molar-refractivity contribution in [3.8, 4) is 0 Å². The molecule has 1 heterocycles. The summed E-state index contributed by atoms with van der Waals surface area (Å²) in [6.07, 6.45) is 4.32. The minimum Gasteiger partial charge on any atom is -0.481 e. The number of carboxylic acid groups (broad SMARTS) is 1. The molecule has 0 aromatic rings. The average molecular weight is 305 g/mol. The van der Waals surface area contributed by atoms with Crippen LogP contribution < -0.4 is 5.32 Å². The van der Waals surface area contributed by atoms with Crippen LogP contribution in [0.3, 0.4) is 0 Å². The molecular weight excluding hydrogens is 282 g/mol. The van der Waals surface area contributed by atoms with Crippen molar-refractivity contribution in [1.82, 2.24) is 5.32 Å². The number of amides is 1. The molecule has 0 spiro atoms. The van der Waals surface area contributed by atoms with Crippen molar-refractivity contribution in [2.75, 3.05) is 18.1 Å². The molecule has 0 aromatic heterocycles. The van der Waals surface area contributed by atoms with E-state index in [-0.39, 0.29) is 36.2 Å². The molecule has 1 fully saturated rings. The van der Waals surface area contributed by atoms with Gasteiger partial charge < -0.3 is 10.4 Å². The van der Waals surface area contributed by atoms with Gasteiger partial charge in [0.1, 0.15) is 0 Å². The van der Waals surface area contributed by atoms with Crippen LogP contribution >= 0.6 is 0 Å². The molecule has 7 heteroatoms. The van der Waals surface area contributed by atoms with E-state index in [0.29, 0.717) is 19.4 Å². The van der Waals surface area contributed by atoms with Crippen molar-refractivity contribution in [2.24, 2.45) is 5.92 Å². The number of hydrogen-bond donors (Lipinski definition) is 2. The summed E-state index contributed by atoms with van der Waals surface area (Å²) in [7, 11) is -2.91. The molecule has 116 valence electrons. The molecule has 6 nitrogen and oxygen atoms in total. The van der Waals surface area contributed by atoms with E-state index < -0.39 is 15.8 Å². The summed E-state index contributed by atoms with van der Waals surface area (Å²) in [6.45, 7) is 0.575. The first-order chi connectivity index (χ1) is 9.39. The third kappa shape index (κ3) is 7.47. The van der Waals surface area contributed by atoms with Gasteiger partial charge in [0.05, 0.1) is 11.5 Å².